The maximum absolute atomic E-state index is 11.6. The highest BCUT2D eigenvalue weighted by molar-refractivity contribution is 6.21. The van der Waals surface area contributed by atoms with E-state index in [1.807, 2.05) is 19.9 Å². The average molecular weight is 274 g/mol. The molecule has 0 fully saturated rings. The molecule has 20 heavy (non-hydrogen) atoms. The molecular weight excluding hydrogens is 256 g/mol. The summed E-state index contributed by atoms with van der Waals surface area (Å²) in [4.78, 5) is 28.9. The number of oxime groups is 1. The van der Waals surface area contributed by atoms with E-state index < -0.39 is 0 Å². The molecular formula is C15H18N2O3. The number of carbonyl (C=O) groups excluding carboxylic acids is 2. The molecule has 0 bridgehead atoms. The minimum Gasteiger partial charge on any atom is -0.395 e. The lowest BCUT2D eigenvalue weighted by molar-refractivity contribution is 0.0693. The number of rotatable bonds is 1. The second-order valence-corrected chi connectivity index (χ2v) is 4.81. The molecule has 5 nitrogen and oxygen atoms in total. The summed E-state index contributed by atoms with van der Waals surface area (Å²) in [6.45, 7) is 4.77. The van der Waals surface area contributed by atoms with Crippen molar-refractivity contribution < 1.29 is 14.4 Å². The molecule has 0 aromatic heterocycles. The van der Waals surface area contributed by atoms with Crippen molar-refractivity contribution in [2.75, 3.05) is 13.7 Å². The number of benzene rings is 1. The fourth-order valence-corrected chi connectivity index (χ4v) is 2.02. The van der Waals surface area contributed by atoms with Crippen LogP contribution in [0.25, 0.3) is 0 Å². The molecule has 3 rings (SSSR count). The molecule has 0 saturated heterocycles. The zero-order chi connectivity index (χ0) is 14.7. The lowest BCUT2D eigenvalue weighted by Crippen LogP contribution is -2.24. The van der Waals surface area contributed by atoms with E-state index >= 15 is 0 Å². The summed E-state index contributed by atoms with van der Waals surface area (Å²) in [6.07, 6.45) is 1.89. The van der Waals surface area contributed by atoms with E-state index in [1.165, 1.54) is 7.05 Å². The van der Waals surface area contributed by atoms with Crippen molar-refractivity contribution in [3.05, 3.63) is 34.9 Å². The van der Waals surface area contributed by atoms with Crippen LogP contribution < -0.4 is 0 Å². The summed E-state index contributed by atoms with van der Waals surface area (Å²) in [7, 11) is 1.51. The fourth-order valence-electron chi connectivity index (χ4n) is 2.02. The van der Waals surface area contributed by atoms with Crippen LogP contribution in [0.15, 0.2) is 23.4 Å². The zero-order valence-corrected chi connectivity index (χ0v) is 12.0. The van der Waals surface area contributed by atoms with E-state index in [0.717, 1.165) is 35.6 Å². The number of carbonyl (C=O) groups is 2. The molecule has 0 saturated carbocycles. The molecule has 5 heteroatoms. The van der Waals surface area contributed by atoms with Gasteiger partial charge >= 0.3 is 0 Å². The SMILES string of the molecule is CC1=NOCC1.CCc1ccc2c(c1)C(=O)N(C)C2=O. The third-order valence-electron chi connectivity index (χ3n) is 3.34. The van der Waals surface area contributed by atoms with Gasteiger partial charge in [0.05, 0.1) is 16.8 Å². The molecule has 0 aliphatic carbocycles. The maximum atomic E-state index is 11.6. The minimum absolute atomic E-state index is 0.194. The monoisotopic (exact) mass is 274 g/mol. The highest BCUT2D eigenvalue weighted by Gasteiger charge is 2.32. The topological polar surface area (TPSA) is 59.0 Å². The van der Waals surface area contributed by atoms with E-state index in [9.17, 15) is 9.59 Å². The Morgan fingerprint density at radius 3 is 2.45 bits per heavy atom. The summed E-state index contributed by atoms with van der Waals surface area (Å²) in [6, 6.07) is 5.43. The fraction of sp³-hybridized carbons (Fsp3) is 0.400. The highest BCUT2D eigenvalue weighted by atomic mass is 16.6. The van der Waals surface area contributed by atoms with Crippen LogP contribution in [0, 0.1) is 0 Å². The van der Waals surface area contributed by atoms with Crippen LogP contribution in [0.3, 0.4) is 0 Å². The van der Waals surface area contributed by atoms with Gasteiger partial charge in [-0.15, -0.1) is 0 Å². The molecule has 2 aliphatic heterocycles. The molecule has 2 heterocycles. The van der Waals surface area contributed by atoms with Gasteiger partial charge in [0.2, 0.25) is 0 Å². The summed E-state index contributed by atoms with van der Waals surface area (Å²) >= 11 is 0. The van der Waals surface area contributed by atoms with Gasteiger partial charge in [0.1, 0.15) is 6.61 Å². The van der Waals surface area contributed by atoms with Crippen molar-refractivity contribution in [3.63, 3.8) is 0 Å². The van der Waals surface area contributed by atoms with Crippen LogP contribution in [-0.2, 0) is 11.3 Å². The van der Waals surface area contributed by atoms with Gasteiger partial charge in [0.15, 0.2) is 0 Å². The predicted molar refractivity (Wildman–Crippen MR) is 75.9 cm³/mol. The Kier molecular flexibility index (Phi) is 4.17. The standard InChI is InChI=1S/C11H11NO2.C4H7NO/c1-3-7-4-5-8-9(6-7)11(14)12(2)10(8)13;1-4-2-3-6-5-4/h4-6H,3H2,1-2H3;2-3H2,1H3. The number of nitrogens with zero attached hydrogens (tertiary/aromatic N) is 2. The van der Waals surface area contributed by atoms with Crippen molar-refractivity contribution in [1.82, 2.24) is 4.90 Å². The van der Waals surface area contributed by atoms with Crippen molar-refractivity contribution in [2.24, 2.45) is 5.16 Å². The molecule has 0 N–H and O–H groups in total. The van der Waals surface area contributed by atoms with Gasteiger partial charge in [0, 0.05) is 13.5 Å². The van der Waals surface area contributed by atoms with Gasteiger partial charge in [-0.05, 0) is 31.0 Å². The van der Waals surface area contributed by atoms with Crippen LogP contribution in [0.1, 0.15) is 46.5 Å². The number of hydrogen-bond acceptors (Lipinski definition) is 4. The second kappa shape index (κ2) is 5.86. The van der Waals surface area contributed by atoms with Crippen molar-refractivity contribution in [1.29, 1.82) is 0 Å². The number of hydrogen-bond donors (Lipinski definition) is 0. The molecule has 1 aromatic carbocycles. The molecule has 0 unspecified atom stereocenters. The summed E-state index contributed by atoms with van der Waals surface area (Å²) in [5.74, 6) is -0.395. The molecule has 106 valence electrons. The van der Waals surface area contributed by atoms with Gasteiger partial charge in [-0.2, -0.15) is 0 Å². The Bertz CT molecular complexity index is 578. The van der Waals surface area contributed by atoms with E-state index in [1.54, 1.807) is 12.1 Å². The Morgan fingerprint density at radius 1 is 1.25 bits per heavy atom. The number of aryl methyl sites for hydroxylation is 1. The largest absolute Gasteiger partial charge is 0.395 e. The Labute approximate surface area is 118 Å². The number of imide groups is 1. The second-order valence-electron chi connectivity index (χ2n) is 4.81. The first-order valence-electron chi connectivity index (χ1n) is 6.65. The third-order valence-corrected chi connectivity index (χ3v) is 3.34. The van der Waals surface area contributed by atoms with Gasteiger partial charge < -0.3 is 4.84 Å². The van der Waals surface area contributed by atoms with Gasteiger partial charge in [-0.1, -0.05) is 18.1 Å². The van der Waals surface area contributed by atoms with Crippen LogP contribution in [0.5, 0.6) is 0 Å². The predicted octanol–water partition coefficient (Wildman–Crippen LogP) is 2.26. The van der Waals surface area contributed by atoms with Crippen LogP contribution in [-0.4, -0.2) is 36.1 Å². The van der Waals surface area contributed by atoms with Crippen molar-refractivity contribution in [3.8, 4) is 0 Å². The van der Waals surface area contributed by atoms with Crippen LogP contribution in [0.4, 0.5) is 0 Å². The summed E-state index contributed by atoms with van der Waals surface area (Å²) in [5.41, 5.74) is 3.25. The highest BCUT2D eigenvalue weighted by Crippen LogP contribution is 2.22. The van der Waals surface area contributed by atoms with E-state index in [-0.39, 0.29) is 11.8 Å². The van der Waals surface area contributed by atoms with Gasteiger partial charge in [0.25, 0.3) is 11.8 Å². The maximum Gasteiger partial charge on any atom is 0.261 e. The minimum atomic E-state index is -0.201. The molecule has 0 radical (unpaired) electrons. The van der Waals surface area contributed by atoms with E-state index in [4.69, 9.17) is 0 Å². The Balaban J connectivity index is 0.000000205. The molecule has 2 amide bonds. The molecule has 2 aliphatic rings. The van der Waals surface area contributed by atoms with E-state index in [0.29, 0.717) is 11.1 Å². The summed E-state index contributed by atoms with van der Waals surface area (Å²) < 4.78 is 0. The van der Waals surface area contributed by atoms with Crippen molar-refractivity contribution in [2.45, 2.75) is 26.7 Å². The van der Waals surface area contributed by atoms with Crippen molar-refractivity contribution >= 4 is 17.5 Å². The Morgan fingerprint density at radius 2 is 1.95 bits per heavy atom. The molecule has 0 spiro atoms. The quantitative estimate of drug-likeness (QED) is 0.738. The summed E-state index contributed by atoms with van der Waals surface area (Å²) in [5, 5.41) is 3.65. The normalized spacial score (nSPS) is 16.4. The lowest BCUT2D eigenvalue weighted by Gasteiger charge is -2.02. The van der Waals surface area contributed by atoms with Crippen LogP contribution in [0.2, 0.25) is 0 Å². The number of amides is 2. The average Bonchev–Trinajstić information content (AvgIpc) is 3.02. The van der Waals surface area contributed by atoms with Crippen LogP contribution >= 0.6 is 0 Å². The number of fused-ring (bicyclic) bond motifs is 1. The van der Waals surface area contributed by atoms with Gasteiger partial charge in [-0.3, -0.25) is 14.5 Å². The first-order valence-corrected chi connectivity index (χ1v) is 6.65. The first-order chi connectivity index (χ1) is 9.54. The molecule has 1 aromatic rings. The smallest absolute Gasteiger partial charge is 0.261 e. The van der Waals surface area contributed by atoms with E-state index in [2.05, 4.69) is 9.99 Å². The first kappa shape index (κ1) is 14.2. The Hall–Kier alpha value is -2.17. The molecule has 0 atom stereocenters. The zero-order valence-electron chi connectivity index (χ0n) is 12.0. The lowest BCUT2D eigenvalue weighted by atomic mass is 10.0. The third kappa shape index (κ3) is 2.71. The van der Waals surface area contributed by atoms with Gasteiger partial charge in [-0.25, -0.2) is 0 Å².